The van der Waals surface area contributed by atoms with Gasteiger partial charge in [-0.15, -0.1) is 0 Å². The lowest BCUT2D eigenvalue weighted by Gasteiger charge is -2.38. The molecule has 0 saturated heterocycles. The van der Waals surface area contributed by atoms with Crippen LogP contribution in [0.2, 0.25) is 5.02 Å². The average molecular weight is 399 g/mol. The van der Waals surface area contributed by atoms with E-state index in [0.29, 0.717) is 29.1 Å². The zero-order valence-electron chi connectivity index (χ0n) is 15.8. The summed E-state index contributed by atoms with van der Waals surface area (Å²) in [5.41, 5.74) is 6.32. The minimum Gasteiger partial charge on any atom is -0.339 e. The first kappa shape index (κ1) is 21.4. The van der Waals surface area contributed by atoms with Crippen molar-refractivity contribution in [3.8, 4) is 6.19 Å². The minimum atomic E-state index is -1.38. The Hall–Kier alpha value is -2.95. The van der Waals surface area contributed by atoms with Gasteiger partial charge in [-0.05, 0) is 49.2 Å². The number of benzene rings is 1. The third-order valence-corrected chi connectivity index (χ3v) is 4.79. The van der Waals surface area contributed by atoms with Crippen LogP contribution in [0.25, 0.3) is 0 Å². The van der Waals surface area contributed by atoms with Crippen molar-refractivity contribution in [1.82, 2.24) is 10.3 Å². The van der Waals surface area contributed by atoms with Gasteiger partial charge < -0.3 is 16.4 Å². The highest BCUT2D eigenvalue weighted by molar-refractivity contribution is 6.30. The second-order valence-corrected chi connectivity index (χ2v) is 6.71. The fourth-order valence-corrected chi connectivity index (χ4v) is 3.12. The quantitative estimate of drug-likeness (QED) is 0.285. The number of nitriles is 1. The molecule has 0 aliphatic carbocycles. The molecule has 28 heavy (non-hydrogen) atoms. The van der Waals surface area contributed by atoms with Crippen molar-refractivity contribution < 1.29 is 4.79 Å². The number of aromatic nitrogens is 1. The molecule has 0 fully saturated rings. The van der Waals surface area contributed by atoms with Crippen LogP contribution in [-0.2, 0) is 0 Å². The van der Waals surface area contributed by atoms with Gasteiger partial charge in [0.2, 0.25) is 6.19 Å². The normalized spacial score (nSPS) is 13.5. The molecular formula is C20H23ClN6O. The number of hydrogen-bond donors (Lipinski definition) is 3. The van der Waals surface area contributed by atoms with Crippen LogP contribution in [0.3, 0.4) is 0 Å². The maximum Gasteiger partial charge on any atom is 0.253 e. The third-order valence-electron chi connectivity index (χ3n) is 4.53. The van der Waals surface area contributed by atoms with Gasteiger partial charge in [0.15, 0.2) is 11.5 Å². The van der Waals surface area contributed by atoms with Crippen molar-refractivity contribution in [2.75, 3.05) is 5.32 Å². The van der Waals surface area contributed by atoms with Crippen molar-refractivity contribution in [2.45, 2.75) is 32.4 Å². The van der Waals surface area contributed by atoms with E-state index in [1.165, 1.54) is 0 Å². The molecule has 1 aromatic heterocycles. The van der Waals surface area contributed by atoms with Crippen LogP contribution in [0.5, 0.6) is 0 Å². The van der Waals surface area contributed by atoms with Crippen LogP contribution in [0.4, 0.5) is 5.69 Å². The molecule has 2 rings (SSSR count). The summed E-state index contributed by atoms with van der Waals surface area (Å²) in [7, 11) is 0. The SMILES string of the molecule is CCC(CC)[C@@](N)(NC(=O)c1ccc(Cl)cc1)C(=NC#N)Nc1cccnc1. The molecule has 7 nitrogen and oxygen atoms in total. The van der Waals surface area contributed by atoms with E-state index in [4.69, 9.17) is 17.3 Å². The number of hydrogen-bond acceptors (Lipinski definition) is 5. The van der Waals surface area contributed by atoms with E-state index < -0.39 is 5.66 Å². The summed E-state index contributed by atoms with van der Waals surface area (Å²) < 4.78 is 0. The van der Waals surface area contributed by atoms with Crippen LogP contribution in [0.1, 0.15) is 37.0 Å². The van der Waals surface area contributed by atoms with Crippen LogP contribution < -0.4 is 16.4 Å². The fraction of sp³-hybridized carbons (Fsp3) is 0.300. The van der Waals surface area contributed by atoms with Gasteiger partial charge >= 0.3 is 0 Å². The van der Waals surface area contributed by atoms with Gasteiger partial charge in [0.05, 0.1) is 11.9 Å². The van der Waals surface area contributed by atoms with Crippen molar-refractivity contribution in [1.29, 1.82) is 5.26 Å². The number of pyridine rings is 1. The Morgan fingerprint density at radius 3 is 2.54 bits per heavy atom. The first-order valence-electron chi connectivity index (χ1n) is 8.95. The number of anilines is 1. The molecule has 1 amide bonds. The molecule has 0 aliphatic rings. The smallest absolute Gasteiger partial charge is 0.253 e. The Morgan fingerprint density at radius 1 is 1.32 bits per heavy atom. The van der Waals surface area contributed by atoms with E-state index in [2.05, 4.69) is 20.6 Å². The Kier molecular flexibility index (Phi) is 7.50. The van der Waals surface area contributed by atoms with E-state index in [-0.39, 0.29) is 17.7 Å². The Balaban J connectivity index is 2.42. The number of nitrogens with zero attached hydrogens (tertiary/aromatic N) is 3. The summed E-state index contributed by atoms with van der Waals surface area (Å²) in [4.78, 5) is 20.8. The summed E-state index contributed by atoms with van der Waals surface area (Å²) in [5.74, 6) is -0.399. The number of amides is 1. The van der Waals surface area contributed by atoms with Crippen molar-refractivity contribution in [2.24, 2.45) is 16.6 Å². The van der Waals surface area contributed by atoms with E-state index in [1.807, 2.05) is 13.8 Å². The highest BCUT2D eigenvalue weighted by atomic mass is 35.5. The summed E-state index contributed by atoms with van der Waals surface area (Å²) in [6.45, 7) is 3.94. The highest BCUT2D eigenvalue weighted by Crippen LogP contribution is 2.23. The van der Waals surface area contributed by atoms with Gasteiger partial charge in [-0.2, -0.15) is 10.3 Å². The van der Waals surface area contributed by atoms with Gasteiger partial charge in [0, 0.05) is 22.7 Å². The molecule has 4 N–H and O–H groups in total. The van der Waals surface area contributed by atoms with Gasteiger partial charge in [0.25, 0.3) is 5.91 Å². The van der Waals surface area contributed by atoms with Crippen LogP contribution in [0, 0.1) is 17.4 Å². The summed E-state index contributed by atoms with van der Waals surface area (Å²) >= 11 is 5.90. The average Bonchev–Trinajstić information content (AvgIpc) is 2.69. The molecule has 0 aliphatic heterocycles. The van der Waals surface area contributed by atoms with E-state index in [9.17, 15) is 10.1 Å². The lowest BCUT2D eigenvalue weighted by molar-refractivity contribution is 0.0897. The second kappa shape index (κ2) is 9.83. The third kappa shape index (κ3) is 5.06. The van der Waals surface area contributed by atoms with Crippen molar-refractivity contribution in [3.63, 3.8) is 0 Å². The monoisotopic (exact) mass is 398 g/mol. The largest absolute Gasteiger partial charge is 0.339 e. The number of aliphatic imine (C=N–C) groups is 1. The van der Waals surface area contributed by atoms with Gasteiger partial charge in [-0.3, -0.25) is 9.78 Å². The lowest BCUT2D eigenvalue weighted by Crippen LogP contribution is -2.67. The van der Waals surface area contributed by atoms with Crippen molar-refractivity contribution >= 4 is 29.0 Å². The first-order chi connectivity index (χ1) is 13.4. The molecule has 0 saturated carbocycles. The zero-order valence-corrected chi connectivity index (χ0v) is 16.6. The van der Waals surface area contributed by atoms with Gasteiger partial charge in [-0.1, -0.05) is 25.4 Å². The predicted molar refractivity (Wildman–Crippen MR) is 111 cm³/mol. The van der Waals surface area contributed by atoms with E-state index >= 15 is 0 Å². The Morgan fingerprint density at radius 2 is 2.00 bits per heavy atom. The van der Waals surface area contributed by atoms with Crippen LogP contribution >= 0.6 is 11.6 Å². The molecule has 2 aromatic rings. The number of amidine groups is 1. The molecule has 1 aromatic carbocycles. The van der Waals surface area contributed by atoms with Crippen molar-refractivity contribution in [3.05, 3.63) is 59.4 Å². The van der Waals surface area contributed by atoms with Gasteiger partial charge in [0.1, 0.15) is 0 Å². The van der Waals surface area contributed by atoms with E-state index in [0.717, 1.165) is 0 Å². The second-order valence-electron chi connectivity index (χ2n) is 6.27. The molecule has 0 bridgehead atoms. The lowest BCUT2D eigenvalue weighted by atomic mass is 9.86. The first-order valence-corrected chi connectivity index (χ1v) is 9.33. The summed E-state index contributed by atoms with van der Waals surface area (Å²) in [6.07, 6.45) is 6.34. The topological polar surface area (TPSA) is 116 Å². The number of nitrogens with one attached hydrogen (secondary N) is 2. The molecule has 146 valence electrons. The molecule has 0 spiro atoms. The highest BCUT2D eigenvalue weighted by Gasteiger charge is 2.40. The molecule has 8 heteroatoms. The minimum absolute atomic E-state index is 0.152. The molecular weight excluding hydrogens is 376 g/mol. The maximum absolute atomic E-state index is 12.9. The number of carbonyl (C=O) groups excluding carboxylic acids is 1. The Labute approximate surface area is 169 Å². The zero-order chi connectivity index (χ0) is 20.6. The Bertz CT molecular complexity index is 859. The van der Waals surface area contributed by atoms with Crippen LogP contribution in [-0.4, -0.2) is 22.4 Å². The number of nitrogens with two attached hydrogens (primary N) is 1. The summed E-state index contributed by atoms with van der Waals surface area (Å²) in [6, 6.07) is 10.00. The summed E-state index contributed by atoms with van der Waals surface area (Å²) in [5, 5.41) is 15.6. The molecule has 1 atom stereocenters. The fourth-order valence-electron chi connectivity index (χ4n) is 3.00. The van der Waals surface area contributed by atoms with Gasteiger partial charge in [-0.25, -0.2) is 0 Å². The maximum atomic E-state index is 12.9. The standard InChI is InChI=1S/C20H23ClN6O/c1-3-15(4-2)20(23,27-18(28)14-7-9-16(21)10-8-14)19(25-13-22)26-17-6-5-11-24-12-17/h5-12,15H,3-4,23H2,1-2H3,(H,25,26)(H,27,28)/t20-/m1/s1. The number of carbonyl (C=O) groups is 1. The van der Waals surface area contributed by atoms with Crippen LogP contribution in [0.15, 0.2) is 53.8 Å². The molecule has 0 radical (unpaired) electrons. The molecule has 0 unspecified atom stereocenters. The number of rotatable bonds is 7. The van der Waals surface area contributed by atoms with E-state index in [1.54, 1.807) is 55.0 Å². The predicted octanol–water partition coefficient (Wildman–Crippen LogP) is 3.55. The number of halogens is 1. The molecule has 1 heterocycles.